The fourth-order valence-electron chi connectivity index (χ4n) is 0.756. The molecule has 56 valence electrons. The van der Waals surface area contributed by atoms with Gasteiger partial charge in [-0.1, -0.05) is 6.92 Å². The van der Waals surface area contributed by atoms with E-state index in [4.69, 9.17) is 0 Å². The van der Waals surface area contributed by atoms with Gasteiger partial charge in [-0.15, -0.1) is 0 Å². The summed E-state index contributed by atoms with van der Waals surface area (Å²) in [5.41, 5.74) is 0.764. The van der Waals surface area contributed by atoms with Crippen molar-refractivity contribution in [2.75, 3.05) is 0 Å². The second kappa shape index (κ2) is 2.70. The van der Waals surface area contributed by atoms with Crippen LogP contribution in [0.3, 0.4) is 0 Å². The van der Waals surface area contributed by atoms with Crippen molar-refractivity contribution in [3.8, 4) is 0 Å². The maximum atomic E-state index is 12.8. The average Bonchev–Trinajstić information content (AvgIpc) is 2.17. The molecule has 0 aliphatic heterocycles. The molecule has 0 aliphatic carbocycles. The molecule has 0 unspecified atom stereocenters. The quantitative estimate of drug-likeness (QED) is 0.687. The van der Waals surface area contributed by atoms with E-state index >= 15 is 0 Å². The van der Waals surface area contributed by atoms with Crippen molar-refractivity contribution in [2.24, 2.45) is 7.05 Å². The van der Waals surface area contributed by atoms with Crippen LogP contribution in [-0.4, -0.2) is 9.78 Å². The maximum absolute atomic E-state index is 12.8. The molecule has 10 heavy (non-hydrogen) atoms. The topological polar surface area (TPSA) is 17.8 Å². The van der Waals surface area contributed by atoms with Gasteiger partial charge in [0.05, 0.1) is 10.2 Å². The number of halogens is 2. The fourth-order valence-corrected chi connectivity index (χ4v) is 1.37. The van der Waals surface area contributed by atoms with Crippen molar-refractivity contribution < 1.29 is 4.39 Å². The maximum Gasteiger partial charge on any atom is 0.225 e. The molecule has 0 bridgehead atoms. The van der Waals surface area contributed by atoms with E-state index in [1.165, 1.54) is 4.68 Å². The monoisotopic (exact) mass is 206 g/mol. The van der Waals surface area contributed by atoms with E-state index in [9.17, 15) is 4.39 Å². The second-order valence-electron chi connectivity index (χ2n) is 2.03. The molecule has 0 amide bonds. The van der Waals surface area contributed by atoms with Crippen LogP contribution < -0.4 is 0 Å². The summed E-state index contributed by atoms with van der Waals surface area (Å²) in [6.45, 7) is 1.94. The summed E-state index contributed by atoms with van der Waals surface area (Å²) in [6, 6.07) is 0. The Morgan fingerprint density at radius 3 is 2.50 bits per heavy atom. The molecule has 1 aromatic heterocycles. The highest BCUT2D eigenvalue weighted by atomic mass is 79.9. The second-order valence-corrected chi connectivity index (χ2v) is 2.82. The SMILES string of the molecule is CCc1nn(C)c(F)c1Br. The predicted octanol–water partition coefficient (Wildman–Crippen LogP) is 1.88. The van der Waals surface area contributed by atoms with E-state index in [0.29, 0.717) is 4.47 Å². The predicted molar refractivity (Wildman–Crippen MR) is 40.2 cm³/mol. The van der Waals surface area contributed by atoms with Crippen LogP contribution >= 0.6 is 15.9 Å². The van der Waals surface area contributed by atoms with Gasteiger partial charge in [-0.3, -0.25) is 0 Å². The molecule has 0 fully saturated rings. The number of nitrogens with zero attached hydrogens (tertiary/aromatic N) is 2. The Morgan fingerprint density at radius 2 is 2.30 bits per heavy atom. The van der Waals surface area contributed by atoms with Gasteiger partial charge in [-0.2, -0.15) is 9.49 Å². The lowest BCUT2D eigenvalue weighted by Gasteiger charge is -1.85. The summed E-state index contributed by atoms with van der Waals surface area (Å²) in [7, 11) is 1.58. The minimum Gasteiger partial charge on any atom is -0.241 e. The molecule has 0 aromatic carbocycles. The molecule has 4 heteroatoms. The first-order valence-corrected chi connectivity index (χ1v) is 3.83. The van der Waals surface area contributed by atoms with E-state index in [0.717, 1.165) is 12.1 Å². The molecule has 1 rings (SSSR count). The van der Waals surface area contributed by atoms with Gasteiger partial charge in [-0.05, 0) is 22.4 Å². The van der Waals surface area contributed by atoms with Crippen molar-refractivity contribution >= 4 is 15.9 Å². The van der Waals surface area contributed by atoms with Crippen LogP contribution in [0, 0.1) is 5.95 Å². The lowest BCUT2D eigenvalue weighted by atomic mass is 10.3. The minimum absolute atomic E-state index is 0.308. The third kappa shape index (κ3) is 1.08. The highest BCUT2D eigenvalue weighted by molar-refractivity contribution is 9.10. The molecule has 0 atom stereocenters. The summed E-state index contributed by atoms with van der Waals surface area (Å²) in [6.07, 6.45) is 0.748. The first-order chi connectivity index (χ1) is 4.66. The van der Waals surface area contributed by atoms with Crippen molar-refractivity contribution in [2.45, 2.75) is 13.3 Å². The van der Waals surface area contributed by atoms with E-state index < -0.39 is 0 Å². The highest BCUT2D eigenvalue weighted by Crippen LogP contribution is 2.18. The van der Waals surface area contributed by atoms with Gasteiger partial charge in [0.25, 0.3) is 0 Å². The molecule has 0 N–H and O–H groups in total. The number of hydrogen-bond donors (Lipinski definition) is 0. The molecule has 0 saturated carbocycles. The van der Waals surface area contributed by atoms with Crippen molar-refractivity contribution in [3.63, 3.8) is 0 Å². The molecule has 1 heterocycles. The Labute approximate surface area is 67.2 Å². The summed E-state index contributed by atoms with van der Waals surface area (Å²) >= 11 is 3.10. The smallest absolute Gasteiger partial charge is 0.225 e. The summed E-state index contributed by atoms with van der Waals surface area (Å²) < 4.78 is 14.5. The molecule has 0 saturated heterocycles. The molecular formula is C6H8BrFN2. The van der Waals surface area contributed by atoms with Crippen molar-refractivity contribution in [3.05, 3.63) is 16.1 Å². The van der Waals surface area contributed by atoms with Crippen LogP contribution in [0.4, 0.5) is 4.39 Å². The fraction of sp³-hybridized carbons (Fsp3) is 0.500. The average molecular weight is 207 g/mol. The lowest BCUT2D eigenvalue weighted by Crippen LogP contribution is -1.93. The largest absolute Gasteiger partial charge is 0.241 e. The Morgan fingerprint density at radius 1 is 1.70 bits per heavy atom. The van der Waals surface area contributed by atoms with Crippen LogP contribution in [0.1, 0.15) is 12.6 Å². The Hall–Kier alpha value is -0.380. The van der Waals surface area contributed by atoms with Gasteiger partial charge in [0, 0.05) is 7.05 Å². The Bertz CT molecular complexity index is 244. The molecule has 0 spiro atoms. The number of rotatable bonds is 1. The van der Waals surface area contributed by atoms with Crippen LogP contribution in [0.25, 0.3) is 0 Å². The van der Waals surface area contributed by atoms with Gasteiger partial charge in [0.1, 0.15) is 0 Å². The van der Waals surface area contributed by atoms with Crippen LogP contribution in [0.15, 0.2) is 4.47 Å². The zero-order valence-corrected chi connectivity index (χ0v) is 7.44. The lowest BCUT2D eigenvalue weighted by molar-refractivity contribution is 0.499. The standard InChI is InChI=1S/C6H8BrFN2/c1-3-4-5(7)6(8)10(2)9-4/h3H2,1-2H3. The molecular weight excluding hydrogens is 199 g/mol. The van der Waals surface area contributed by atoms with Gasteiger partial charge in [0.2, 0.25) is 5.95 Å². The van der Waals surface area contributed by atoms with Gasteiger partial charge < -0.3 is 0 Å². The first-order valence-electron chi connectivity index (χ1n) is 3.03. The third-order valence-corrected chi connectivity index (χ3v) is 2.11. The van der Waals surface area contributed by atoms with Gasteiger partial charge in [-0.25, -0.2) is 4.68 Å². The molecule has 0 aliphatic rings. The van der Waals surface area contributed by atoms with E-state index in [1.807, 2.05) is 6.92 Å². The Kier molecular flexibility index (Phi) is 2.08. The molecule has 1 aromatic rings. The van der Waals surface area contributed by atoms with E-state index in [-0.39, 0.29) is 5.95 Å². The van der Waals surface area contributed by atoms with E-state index in [1.54, 1.807) is 7.05 Å². The van der Waals surface area contributed by atoms with Crippen molar-refractivity contribution in [1.29, 1.82) is 0 Å². The normalized spacial score (nSPS) is 10.4. The van der Waals surface area contributed by atoms with Crippen LogP contribution in [0.5, 0.6) is 0 Å². The Balaban J connectivity index is 3.17. The first kappa shape index (κ1) is 7.72. The van der Waals surface area contributed by atoms with Gasteiger partial charge >= 0.3 is 0 Å². The minimum atomic E-state index is -0.308. The van der Waals surface area contributed by atoms with Crippen molar-refractivity contribution in [1.82, 2.24) is 9.78 Å². The zero-order chi connectivity index (χ0) is 7.72. The van der Waals surface area contributed by atoms with Gasteiger partial charge in [0.15, 0.2) is 0 Å². The number of hydrogen-bond acceptors (Lipinski definition) is 1. The number of aryl methyl sites for hydroxylation is 2. The summed E-state index contributed by atoms with van der Waals surface area (Å²) in [5, 5.41) is 3.92. The van der Waals surface area contributed by atoms with E-state index in [2.05, 4.69) is 21.0 Å². The number of aromatic nitrogens is 2. The summed E-state index contributed by atoms with van der Waals surface area (Å²) in [4.78, 5) is 0. The third-order valence-electron chi connectivity index (χ3n) is 1.32. The van der Waals surface area contributed by atoms with Crippen LogP contribution in [-0.2, 0) is 13.5 Å². The highest BCUT2D eigenvalue weighted by Gasteiger charge is 2.10. The molecule has 2 nitrogen and oxygen atoms in total. The zero-order valence-electron chi connectivity index (χ0n) is 5.86. The molecule has 0 radical (unpaired) electrons. The summed E-state index contributed by atoms with van der Waals surface area (Å²) in [5.74, 6) is -0.308. The van der Waals surface area contributed by atoms with Crippen LogP contribution in [0.2, 0.25) is 0 Å².